The standard InChI is InChI=1S/C22H30N6O2/c1-22(2,3)28-19-18(15-23-28)20(29)25-21(24-19)27-13-11-26(12-14-27)10-9-16-5-7-17(30-4)8-6-16/h5-8,15H,9-14H2,1-4H3,(H,24,25,29). The van der Waals surface area contributed by atoms with Gasteiger partial charge in [0, 0.05) is 32.7 Å². The first-order valence-electron chi connectivity index (χ1n) is 10.4. The molecule has 0 bridgehead atoms. The lowest BCUT2D eigenvalue weighted by Crippen LogP contribution is -2.47. The fourth-order valence-corrected chi connectivity index (χ4v) is 3.81. The zero-order chi connectivity index (χ0) is 21.3. The van der Waals surface area contributed by atoms with Crippen molar-refractivity contribution in [2.24, 2.45) is 0 Å². The molecule has 30 heavy (non-hydrogen) atoms. The Labute approximate surface area is 176 Å². The molecule has 1 aliphatic heterocycles. The quantitative estimate of drug-likeness (QED) is 0.695. The number of H-pyrrole nitrogens is 1. The molecule has 4 rings (SSSR count). The topological polar surface area (TPSA) is 79.3 Å². The number of piperazine rings is 1. The van der Waals surface area contributed by atoms with E-state index in [1.807, 2.05) is 16.8 Å². The van der Waals surface area contributed by atoms with Crippen LogP contribution < -0.4 is 15.2 Å². The minimum Gasteiger partial charge on any atom is -0.497 e. The maximum Gasteiger partial charge on any atom is 0.263 e. The molecule has 1 fully saturated rings. The minimum atomic E-state index is -0.236. The summed E-state index contributed by atoms with van der Waals surface area (Å²) in [6, 6.07) is 8.26. The molecule has 0 spiro atoms. The van der Waals surface area contributed by atoms with Crippen LogP contribution in [0.3, 0.4) is 0 Å². The van der Waals surface area contributed by atoms with Crippen molar-refractivity contribution in [2.45, 2.75) is 32.7 Å². The van der Waals surface area contributed by atoms with Gasteiger partial charge in [0.15, 0.2) is 5.65 Å². The molecule has 1 saturated heterocycles. The Hall–Kier alpha value is -2.87. The zero-order valence-electron chi connectivity index (χ0n) is 18.2. The molecule has 0 unspecified atom stereocenters. The Morgan fingerprint density at radius 2 is 1.80 bits per heavy atom. The van der Waals surface area contributed by atoms with Gasteiger partial charge in [-0.15, -0.1) is 0 Å². The number of ether oxygens (including phenoxy) is 1. The van der Waals surface area contributed by atoms with E-state index < -0.39 is 0 Å². The van der Waals surface area contributed by atoms with E-state index in [1.54, 1.807) is 13.3 Å². The second kappa shape index (κ2) is 8.10. The number of methoxy groups -OCH3 is 1. The van der Waals surface area contributed by atoms with E-state index in [2.05, 4.69) is 52.8 Å². The predicted molar refractivity (Wildman–Crippen MR) is 118 cm³/mol. The first kappa shape index (κ1) is 20.4. The van der Waals surface area contributed by atoms with Crippen LogP contribution in [-0.2, 0) is 12.0 Å². The van der Waals surface area contributed by atoms with Crippen molar-refractivity contribution < 1.29 is 4.74 Å². The number of hydrogen-bond donors (Lipinski definition) is 1. The summed E-state index contributed by atoms with van der Waals surface area (Å²) in [4.78, 5) is 24.9. The predicted octanol–water partition coefficient (Wildman–Crippen LogP) is 2.25. The van der Waals surface area contributed by atoms with Crippen molar-refractivity contribution in [3.63, 3.8) is 0 Å². The number of hydrogen-bond acceptors (Lipinski definition) is 6. The Kier molecular flexibility index (Phi) is 5.51. The monoisotopic (exact) mass is 410 g/mol. The van der Waals surface area contributed by atoms with Gasteiger partial charge in [-0.1, -0.05) is 12.1 Å². The third-order valence-electron chi connectivity index (χ3n) is 5.61. The zero-order valence-corrected chi connectivity index (χ0v) is 18.2. The SMILES string of the molecule is COc1ccc(CCN2CCN(c3nc4c(cnn4C(C)(C)C)c(=O)[nH]3)CC2)cc1. The van der Waals surface area contributed by atoms with Crippen LogP contribution in [0.15, 0.2) is 35.3 Å². The van der Waals surface area contributed by atoms with Crippen LogP contribution in [0.1, 0.15) is 26.3 Å². The third-order valence-corrected chi connectivity index (χ3v) is 5.61. The van der Waals surface area contributed by atoms with Crippen LogP contribution in [0.5, 0.6) is 5.75 Å². The second-order valence-corrected chi connectivity index (χ2v) is 8.78. The number of nitrogens with one attached hydrogen (secondary N) is 1. The Morgan fingerprint density at radius 3 is 2.43 bits per heavy atom. The normalized spacial score (nSPS) is 15.7. The highest BCUT2D eigenvalue weighted by molar-refractivity contribution is 5.74. The van der Waals surface area contributed by atoms with Crippen molar-refractivity contribution >= 4 is 17.0 Å². The highest BCUT2D eigenvalue weighted by atomic mass is 16.5. The van der Waals surface area contributed by atoms with Gasteiger partial charge in [-0.2, -0.15) is 10.1 Å². The summed E-state index contributed by atoms with van der Waals surface area (Å²) >= 11 is 0. The molecule has 1 aliphatic rings. The van der Waals surface area contributed by atoms with E-state index in [0.29, 0.717) is 17.0 Å². The Balaban J connectivity index is 1.41. The third kappa shape index (κ3) is 4.18. The molecule has 0 radical (unpaired) electrons. The molecule has 0 aliphatic carbocycles. The smallest absolute Gasteiger partial charge is 0.263 e. The van der Waals surface area contributed by atoms with Crippen LogP contribution >= 0.6 is 0 Å². The summed E-state index contributed by atoms with van der Waals surface area (Å²) in [6.45, 7) is 10.7. The van der Waals surface area contributed by atoms with Gasteiger partial charge in [0.25, 0.3) is 5.56 Å². The average molecular weight is 411 g/mol. The molecule has 0 atom stereocenters. The molecule has 0 amide bonds. The highest BCUT2D eigenvalue weighted by Gasteiger charge is 2.23. The number of aromatic nitrogens is 4. The summed E-state index contributed by atoms with van der Waals surface area (Å²) in [5.74, 6) is 1.52. The van der Waals surface area contributed by atoms with Crippen LogP contribution in [0, 0.1) is 0 Å². The van der Waals surface area contributed by atoms with E-state index in [0.717, 1.165) is 44.9 Å². The number of nitrogens with zero attached hydrogens (tertiary/aromatic N) is 5. The first-order valence-corrected chi connectivity index (χ1v) is 10.4. The van der Waals surface area contributed by atoms with Gasteiger partial charge >= 0.3 is 0 Å². The summed E-state index contributed by atoms with van der Waals surface area (Å²) in [5, 5.41) is 4.92. The number of aromatic amines is 1. The largest absolute Gasteiger partial charge is 0.497 e. The number of anilines is 1. The van der Waals surface area contributed by atoms with E-state index in [1.165, 1.54) is 5.56 Å². The lowest BCUT2D eigenvalue weighted by atomic mass is 10.1. The van der Waals surface area contributed by atoms with Gasteiger partial charge in [-0.05, 0) is 44.9 Å². The van der Waals surface area contributed by atoms with Crippen LogP contribution in [0.25, 0.3) is 11.0 Å². The summed E-state index contributed by atoms with van der Waals surface area (Å²) in [7, 11) is 1.69. The second-order valence-electron chi connectivity index (χ2n) is 8.78. The fraction of sp³-hybridized carbons (Fsp3) is 0.500. The van der Waals surface area contributed by atoms with E-state index >= 15 is 0 Å². The number of fused-ring (bicyclic) bond motifs is 1. The summed E-state index contributed by atoms with van der Waals surface area (Å²) in [6.07, 6.45) is 2.61. The molecule has 3 aromatic rings. The Morgan fingerprint density at radius 1 is 1.10 bits per heavy atom. The molecular formula is C22H30N6O2. The van der Waals surface area contributed by atoms with Gasteiger partial charge in [-0.3, -0.25) is 14.7 Å². The summed E-state index contributed by atoms with van der Waals surface area (Å²) in [5.41, 5.74) is 1.58. The minimum absolute atomic E-state index is 0.132. The first-order chi connectivity index (χ1) is 14.3. The summed E-state index contributed by atoms with van der Waals surface area (Å²) < 4.78 is 7.05. The molecular weight excluding hydrogens is 380 g/mol. The van der Waals surface area contributed by atoms with Crippen molar-refractivity contribution in [3.8, 4) is 5.75 Å². The van der Waals surface area contributed by atoms with Crippen LogP contribution in [0.2, 0.25) is 0 Å². The van der Waals surface area contributed by atoms with Crippen LogP contribution in [0.4, 0.5) is 5.95 Å². The molecule has 1 N–H and O–H groups in total. The Bertz CT molecular complexity index is 1060. The molecule has 3 heterocycles. The van der Waals surface area contributed by atoms with Gasteiger partial charge in [0.2, 0.25) is 5.95 Å². The van der Waals surface area contributed by atoms with Gasteiger partial charge in [0.1, 0.15) is 11.1 Å². The molecule has 8 heteroatoms. The van der Waals surface area contributed by atoms with Gasteiger partial charge in [-0.25, -0.2) is 4.68 Å². The molecule has 2 aromatic heterocycles. The lowest BCUT2D eigenvalue weighted by Gasteiger charge is -2.35. The van der Waals surface area contributed by atoms with Gasteiger partial charge < -0.3 is 9.64 Å². The van der Waals surface area contributed by atoms with E-state index in [4.69, 9.17) is 9.72 Å². The van der Waals surface area contributed by atoms with Crippen molar-refractivity contribution in [1.29, 1.82) is 0 Å². The lowest BCUT2D eigenvalue weighted by molar-refractivity contribution is 0.259. The molecule has 160 valence electrons. The fourth-order valence-electron chi connectivity index (χ4n) is 3.81. The number of rotatable bonds is 5. The van der Waals surface area contributed by atoms with Crippen molar-refractivity contribution in [2.75, 3.05) is 44.7 Å². The van der Waals surface area contributed by atoms with E-state index in [9.17, 15) is 4.79 Å². The van der Waals surface area contributed by atoms with Crippen molar-refractivity contribution in [3.05, 3.63) is 46.4 Å². The van der Waals surface area contributed by atoms with Crippen LogP contribution in [-0.4, -0.2) is 64.5 Å². The molecule has 8 nitrogen and oxygen atoms in total. The molecule has 1 aromatic carbocycles. The van der Waals surface area contributed by atoms with Gasteiger partial charge in [0.05, 0.1) is 18.8 Å². The van der Waals surface area contributed by atoms with E-state index in [-0.39, 0.29) is 11.1 Å². The maximum atomic E-state index is 12.6. The van der Waals surface area contributed by atoms with Crippen molar-refractivity contribution in [1.82, 2.24) is 24.6 Å². The molecule has 0 saturated carbocycles. The highest BCUT2D eigenvalue weighted by Crippen LogP contribution is 2.20. The maximum absolute atomic E-state index is 12.6. The number of benzene rings is 1. The average Bonchev–Trinajstić information content (AvgIpc) is 3.18.